The predicted octanol–water partition coefficient (Wildman–Crippen LogP) is 1.73. The fourth-order valence-corrected chi connectivity index (χ4v) is 2.68. The van der Waals surface area contributed by atoms with E-state index in [1.807, 2.05) is 0 Å². The summed E-state index contributed by atoms with van der Waals surface area (Å²) in [7, 11) is 1.76. The van der Waals surface area contributed by atoms with Gasteiger partial charge < -0.3 is 15.0 Å². The average Bonchev–Trinajstić information content (AvgIpc) is 2.17. The molecule has 3 unspecified atom stereocenters. The molecule has 96 valence electrons. The Morgan fingerprint density at radius 1 is 1.38 bits per heavy atom. The van der Waals surface area contributed by atoms with Crippen molar-refractivity contribution in [3.63, 3.8) is 0 Å². The first-order chi connectivity index (χ1) is 7.61. The van der Waals surface area contributed by atoms with E-state index in [-0.39, 0.29) is 0 Å². The van der Waals surface area contributed by atoms with Gasteiger partial charge in [-0.25, -0.2) is 0 Å². The highest BCUT2D eigenvalue weighted by Crippen LogP contribution is 2.15. The molecule has 0 spiro atoms. The zero-order chi connectivity index (χ0) is 12.0. The van der Waals surface area contributed by atoms with Gasteiger partial charge in [0.05, 0.1) is 6.61 Å². The molecule has 1 saturated heterocycles. The molecule has 0 aromatic rings. The summed E-state index contributed by atoms with van der Waals surface area (Å²) in [5.74, 6) is 0.873. The SMILES string of the molecule is COCC(C)NC(C)CN1CCCC(C)C1. The second kappa shape index (κ2) is 7.25. The van der Waals surface area contributed by atoms with E-state index >= 15 is 0 Å². The van der Waals surface area contributed by atoms with Crippen LogP contribution in [0.4, 0.5) is 0 Å². The van der Waals surface area contributed by atoms with Crippen molar-refractivity contribution >= 4 is 0 Å². The average molecular weight is 228 g/mol. The van der Waals surface area contributed by atoms with E-state index in [1.54, 1.807) is 7.11 Å². The van der Waals surface area contributed by atoms with Gasteiger partial charge in [0.1, 0.15) is 0 Å². The van der Waals surface area contributed by atoms with Gasteiger partial charge in [0.2, 0.25) is 0 Å². The van der Waals surface area contributed by atoms with Crippen molar-refractivity contribution in [1.82, 2.24) is 10.2 Å². The number of piperidine rings is 1. The Kier molecular flexibility index (Phi) is 6.32. The molecule has 0 aromatic carbocycles. The molecule has 3 atom stereocenters. The minimum absolute atomic E-state index is 0.446. The van der Waals surface area contributed by atoms with E-state index in [0.717, 1.165) is 12.5 Å². The van der Waals surface area contributed by atoms with E-state index < -0.39 is 0 Å². The van der Waals surface area contributed by atoms with Crippen molar-refractivity contribution < 1.29 is 4.74 Å². The predicted molar refractivity (Wildman–Crippen MR) is 68.8 cm³/mol. The topological polar surface area (TPSA) is 24.5 Å². The standard InChI is InChI=1S/C13H28N2O/c1-11-6-5-7-15(8-11)9-12(2)14-13(3)10-16-4/h11-14H,5-10H2,1-4H3. The first-order valence-electron chi connectivity index (χ1n) is 6.59. The molecule has 1 aliphatic heterocycles. The number of hydrogen-bond acceptors (Lipinski definition) is 3. The lowest BCUT2D eigenvalue weighted by molar-refractivity contribution is 0.145. The van der Waals surface area contributed by atoms with Crippen molar-refractivity contribution in [2.24, 2.45) is 5.92 Å². The van der Waals surface area contributed by atoms with Crippen LogP contribution in [0.2, 0.25) is 0 Å². The number of ether oxygens (including phenoxy) is 1. The van der Waals surface area contributed by atoms with Gasteiger partial charge in [-0.15, -0.1) is 0 Å². The molecule has 16 heavy (non-hydrogen) atoms. The monoisotopic (exact) mass is 228 g/mol. The van der Waals surface area contributed by atoms with Gasteiger partial charge in [-0.05, 0) is 39.2 Å². The maximum atomic E-state index is 5.14. The Bertz CT molecular complexity index is 187. The third-order valence-electron chi connectivity index (χ3n) is 3.26. The molecule has 0 aliphatic carbocycles. The lowest BCUT2D eigenvalue weighted by atomic mass is 10.00. The molecular formula is C13H28N2O. The summed E-state index contributed by atoms with van der Waals surface area (Å²) in [6.07, 6.45) is 2.76. The van der Waals surface area contributed by atoms with Gasteiger partial charge in [-0.3, -0.25) is 0 Å². The highest BCUT2D eigenvalue weighted by Gasteiger charge is 2.18. The third-order valence-corrected chi connectivity index (χ3v) is 3.26. The molecule has 0 aromatic heterocycles. The summed E-state index contributed by atoms with van der Waals surface area (Å²) >= 11 is 0. The van der Waals surface area contributed by atoms with Crippen molar-refractivity contribution in [2.45, 2.75) is 45.7 Å². The van der Waals surface area contributed by atoms with Gasteiger partial charge >= 0.3 is 0 Å². The quantitative estimate of drug-likeness (QED) is 0.749. The van der Waals surface area contributed by atoms with Crippen molar-refractivity contribution in [3.8, 4) is 0 Å². The summed E-state index contributed by atoms with van der Waals surface area (Å²) in [6, 6.07) is 0.998. The lowest BCUT2D eigenvalue weighted by Gasteiger charge is -2.33. The Morgan fingerprint density at radius 3 is 2.75 bits per heavy atom. The Balaban J connectivity index is 2.19. The lowest BCUT2D eigenvalue weighted by Crippen LogP contribution is -2.46. The molecular weight excluding hydrogens is 200 g/mol. The molecule has 0 radical (unpaired) electrons. The highest BCUT2D eigenvalue weighted by atomic mass is 16.5. The Labute approximate surface area is 101 Å². The Morgan fingerprint density at radius 2 is 2.12 bits per heavy atom. The maximum Gasteiger partial charge on any atom is 0.0613 e. The van der Waals surface area contributed by atoms with Crippen LogP contribution in [0.25, 0.3) is 0 Å². The first-order valence-corrected chi connectivity index (χ1v) is 6.59. The van der Waals surface area contributed by atoms with Crippen LogP contribution in [0.1, 0.15) is 33.6 Å². The summed E-state index contributed by atoms with van der Waals surface area (Å²) in [6.45, 7) is 11.3. The number of rotatable bonds is 6. The van der Waals surface area contributed by atoms with Crippen molar-refractivity contribution in [2.75, 3.05) is 33.4 Å². The molecule has 0 amide bonds. The van der Waals surface area contributed by atoms with Gasteiger partial charge in [0.25, 0.3) is 0 Å². The smallest absolute Gasteiger partial charge is 0.0613 e. The van der Waals surface area contributed by atoms with Crippen molar-refractivity contribution in [3.05, 3.63) is 0 Å². The molecule has 3 heteroatoms. The minimum atomic E-state index is 0.446. The molecule has 1 N–H and O–H groups in total. The second-order valence-electron chi connectivity index (χ2n) is 5.43. The maximum absolute atomic E-state index is 5.14. The summed E-state index contributed by atoms with van der Waals surface area (Å²) in [5, 5.41) is 3.58. The zero-order valence-electron chi connectivity index (χ0n) is 11.3. The number of hydrogen-bond donors (Lipinski definition) is 1. The molecule has 1 rings (SSSR count). The van der Waals surface area contributed by atoms with E-state index in [0.29, 0.717) is 12.1 Å². The van der Waals surface area contributed by atoms with Gasteiger partial charge in [0, 0.05) is 32.3 Å². The van der Waals surface area contributed by atoms with Gasteiger partial charge in [0.15, 0.2) is 0 Å². The molecule has 1 fully saturated rings. The van der Waals surface area contributed by atoms with Crippen LogP contribution in [-0.4, -0.2) is 50.3 Å². The molecule has 0 saturated carbocycles. The third kappa shape index (κ3) is 5.28. The van der Waals surface area contributed by atoms with Crippen LogP contribution < -0.4 is 5.32 Å². The van der Waals surface area contributed by atoms with Crippen LogP contribution in [0.15, 0.2) is 0 Å². The number of nitrogens with one attached hydrogen (secondary N) is 1. The summed E-state index contributed by atoms with van der Waals surface area (Å²) < 4.78 is 5.14. The van der Waals surface area contributed by atoms with E-state index in [1.165, 1.54) is 32.5 Å². The number of likely N-dealkylation sites (tertiary alicyclic amines) is 1. The Hall–Kier alpha value is -0.120. The normalized spacial score (nSPS) is 26.6. The van der Waals surface area contributed by atoms with E-state index in [4.69, 9.17) is 4.74 Å². The van der Waals surface area contributed by atoms with E-state index in [9.17, 15) is 0 Å². The fourth-order valence-electron chi connectivity index (χ4n) is 2.68. The van der Waals surface area contributed by atoms with Crippen LogP contribution >= 0.6 is 0 Å². The largest absolute Gasteiger partial charge is 0.383 e. The highest BCUT2D eigenvalue weighted by molar-refractivity contribution is 4.75. The second-order valence-corrected chi connectivity index (χ2v) is 5.43. The van der Waals surface area contributed by atoms with Gasteiger partial charge in [-0.2, -0.15) is 0 Å². The van der Waals surface area contributed by atoms with Crippen LogP contribution in [0.3, 0.4) is 0 Å². The molecule has 1 heterocycles. The first kappa shape index (κ1) is 13.9. The summed E-state index contributed by atoms with van der Waals surface area (Å²) in [4.78, 5) is 2.59. The summed E-state index contributed by atoms with van der Waals surface area (Å²) in [5.41, 5.74) is 0. The zero-order valence-corrected chi connectivity index (χ0v) is 11.3. The van der Waals surface area contributed by atoms with Crippen LogP contribution in [0, 0.1) is 5.92 Å². The van der Waals surface area contributed by atoms with Crippen LogP contribution in [-0.2, 0) is 4.74 Å². The fraction of sp³-hybridized carbons (Fsp3) is 1.00. The van der Waals surface area contributed by atoms with E-state index in [2.05, 4.69) is 31.0 Å². The minimum Gasteiger partial charge on any atom is -0.383 e. The van der Waals surface area contributed by atoms with Gasteiger partial charge in [-0.1, -0.05) is 6.92 Å². The molecule has 0 bridgehead atoms. The molecule has 3 nitrogen and oxygen atoms in total. The molecule has 1 aliphatic rings. The van der Waals surface area contributed by atoms with Crippen molar-refractivity contribution in [1.29, 1.82) is 0 Å². The van der Waals surface area contributed by atoms with Crippen LogP contribution in [0.5, 0.6) is 0 Å². The number of nitrogens with zero attached hydrogens (tertiary/aromatic N) is 1. The number of methoxy groups -OCH3 is 1.